The maximum atomic E-state index is 13.4. The lowest BCUT2D eigenvalue weighted by Gasteiger charge is -2.29. The molecule has 0 radical (unpaired) electrons. The molecular weight excluding hydrogens is 378 g/mol. The van der Waals surface area contributed by atoms with E-state index in [0.717, 1.165) is 35.6 Å². The molecule has 156 valence electrons. The van der Waals surface area contributed by atoms with Crippen LogP contribution < -0.4 is 9.47 Å². The second-order valence-electron chi connectivity index (χ2n) is 7.75. The van der Waals surface area contributed by atoms with E-state index in [1.165, 1.54) is 5.56 Å². The zero-order valence-electron chi connectivity index (χ0n) is 17.7. The van der Waals surface area contributed by atoms with Gasteiger partial charge in [-0.15, -0.1) is 0 Å². The Morgan fingerprint density at radius 3 is 2.70 bits per heavy atom. The fourth-order valence-electron chi connectivity index (χ4n) is 3.71. The van der Waals surface area contributed by atoms with Gasteiger partial charge in [-0.25, -0.2) is 0 Å². The summed E-state index contributed by atoms with van der Waals surface area (Å²) in [6.07, 6.45) is 1.76. The SMILES string of the molecule is Cc1cc(C(=O)N(Cc2cccc3c2OCO3)[C@H](C)CCc2ccccc2)nn1C. The van der Waals surface area contributed by atoms with Crippen molar-refractivity contribution in [3.63, 3.8) is 0 Å². The molecule has 6 heteroatoms. The smallest absolute Gasteiger partial charge is 0.274 e. The number of benzene rings is 2. The standard InChI is InChI=1S/C24H27N3O3/c1-17(12-13-19-8-5-4-6-9-19)27(24(28)21-14-18(2)26(3)25-21)15-20-10-7-11-22-23(20)30-16-29-22/h4-11,14,17H,12-13,15-16H2,1-3H3/t17-/m1/s1. The molecule has 1 aliphatic heterocycles. The molecule has 0 aliphatic carbocycles. The number of nitrogens with zero attached hydrogens (tertiary/aromatic N) is 3. The third kappa shape index (κ3) is 4.17. The van der Waals surface area contributed by atoms with E-state index < -0.39 is 0 Å². The molecular formula is C24H27N3O3. The Morgan fingerprint density at radius 2 is 1.97 bits per heavy atom. The van der Waals surface area contributed by atoms with Crippen molar-refractivity contribution in [2.45, 2.75) is 39.3 Å². The molecule has 1 atom stereocenters. The van der Waals surface area contributed by atoms with Crippen molar-refractivity contribution in [2.24, 2.45) is 7.05 Å². The topological polar surface area (TPSA) is 56.6 Å². The van der Waals surface area contributed by atoms with E-state index >= 15 is 0 Å². The Morgan fingerprint density at radius 1 is 1.17 bits per heavy atom. The molecule has 4 rings (SSSR count). The summed E-state index contributed by atoms with van der Waals surface area (Å²) in [6.45, 7) is 4.69. The fraction of sp³-hybridized carbons (Fsp3) is 0.333. The van der Waals surface area contributed by atoms with Crippen molar-refractivity contribution in [1.29, 1.82) is 0 Å². The van der Waals surface area contributed by atoms with Crippen molar-refractivity contribution in [1.82, 2.24) is 14.7 Å². The summed E-state index contributed by atoms with van der Waals surface area (Å²) in [5, 5.41) is 4.42. The van der Waals surface area contributed by atoms with Crippen molar-refractivity contribution in [2.75, 3.05) is 6.79 Å². The minimum Gasteiger partial charge on any atom is -0.454 e. The zero-order valence-corrected chi connectivity index (χ0v) is 17.7. The highest BCUT2D eigenvalue weighted by atomic mass is 16.7. The molecule has 0 N–H and O–H groups in total. The summed E-state index contributed by atoms with van der Waals surface area (Å²) in [5.74, 6) is 1.38. The first-order valence-corrected chi connectivity index (χ1v) is 10.3. The van der Waals surface area contributed by atoms with Crippen LogP contribution in [0.3, 0.4) is 0 Å². The molecule has 6 nitrogen and oxygen atoms in total. The maximum absolute atomic E-state index is 13.4. The molecule has 3 aromatic rings. The van der Waals surface area contributed by atoms with E-state index in [-0.39, 0.29) is 18.7 Å². The van der Waals surface area contributed by atoms with Gasteiger partial charge in [0.1, 0.15) is 0 Å². The number of ether oxygens (including phenoxy) is 2. The van der Waals surface area contributed by atoms with Crippen LogP contribution in [0.5, 0.6) is 11.5 Å². The van der Waals surface area contributed by atoms with Gasteiger partial charge in [-0.1, -0.05) is 42.5 Å². The Kier molecular flexibility index (Phi) is 5.74. The van der Waals surface area contributed by atoms with Gasteiger partial charge in [-0.2, -0.15) is 5.10 Å². The zero-order chi connectivity index (χ0) is 21.1. The lowest BCUT2D eigenvalue weighted by atomic mass is 10.0. The van der Waals surface area contributed by atoms with E-state index in [0.29, 0.717) is 12.2 Å². The van der Waals surface area contributed by atoms with E-state index in [4.69, 9.17) is 9.47 Å². The van der Waals surface area contributed by atoms with Crippen LogP contribution in [0.4, 0.5) is 0 Å². The largest absolute Gasteiger partial charge is 0.454 e. The van der Waals surface area contributed by atoms with Gasteiger partial charge in [0, 0.05) is 24.3 Å². The summed E-state index contributed by atoms with van der Waals surface area (Å²) in [6, 6.07) is 18.0. The number of amides is 1. The van der Waals surface area contributed by atoms with Crippen molar-refractivity contribution >= 4 is 5.91 Å². The predicted octanol–water partition coefficient (Wildman–Crippen LogP) is 4.12. The molecule has 30 heavy (non-hydrogen) atoms. The highest BCUT2D eigenvalue weighted by Crippen LogP contribution is 2.36. The molecule has 2 aromatic carbocycles. The van der Waals surface area contributed by atoms with Crippen LogP contribution in [-0.4, -0.2) is 33.4 Å². The van der Waals surface area contributed by atoms with Gasteiger partial charge in [0.25, 0.3) is 5.91 Å². The molecule has 0 fully saturated rings. The normalized spacial score (nSPS) is 13.3. The Labute approximate surface area is 177 Å². The molecule has 1 amide bonds. The van der Waals surface area contributed by atoms with Gasteiger partial charge >= 0.3 is 0 Å². The number of para-hydroxylation sites is 1. The fourth-order valence-corrected chi connectivity index (χ4v) is 3.71. The van der Waals surface area contributed by atoms with E-state index in [1.807, 2.05) is 61.3 Å². The van der Waals surface area contributed by atoms with E-state index in [1.54, 1.807) is 4.68 Å². The van der Waals surface area contributed by atoms with Crippen LogP contribution in [0.2, 0.25) is 0 Å². The maximum Gasteiger partial charge on any atom is 0.274 e. The lowest BCUT2D eigenvalue weighted by Crippen LogP contribution is -2.38. The first kappa shape index (κ1) is 20.0. The van der Waals surface area contributed by atoms with E-state index in [2.05, 4.69) is 24.2 Å². The van der Waals surface area contributed by atoms with Gasteiger partial charge in [0.05, 0.1) is 6.54 Å². The van der Waals surface area contributed by atoms with Crippen LogP contribution in [0.1, 0.15) is 40.7 Å². The van der Waals surface area contributed by atoms with Gasteiger partial charge in [-0.05, 0) is 44.4 Å². The average molecular weight is 405 g/mol. The number of carbonyl (C=O) groups excluding carboxylic acids is 1. The molecule has 2 heterocycles. The van der Waals surface area contributed by atoms with Crippen molar-refractivity contribution in [3.8, 4) is 11.5 Å². The molecule has 0 saturated carbocycles. The quantitative estimate of drug-likeness (QED) is 0.593. The number of hydrogen-bond acceptors (Lipinski definition) is 4. The minimum atomic E-state index is -0.0734. The van der Waals surface area contributed by atoms with Crippen LogP contribution in [0, 0.1) is 6.92 Å². The number of fused-ring (bicyclic) bond motifs is 1. The van der Waals surface area contributed by atoms with E-state index in [9.17, 15) is 4.79 Å². The molecule has 1 aromatic heterocycles. The van der Waals surface area contributed by atoms with Crippen molar-refractivity contribution < 1.29 is 14.3 Å². The molecule has 0 unspecified atom stereocenters. The summed E-state index contributed by atoms with van der Waals surface area (Å²) < 4.78 is 12.9. The summed E-state index contributed by atoms with van der Waals surface area (Å²) >= 11 is 0. The van der Waals surface area contributed by atoms with Gasteiger partial charge < -0.3 is 14.4 Å². The number of aryl methyl sites for hydroxylation is 3. The van der Waals surface area contributed by atoms with Crippen molar-refractivity contribution in [3.05, 3.63) is 77.1 Å². The second kappa shape index (κ2) is 8.61. The van der Waals surface area contributed by atoms with Gasteiger partial charge in [-0.3, -0.25) is 9.48 Å². The monoisotopic (exact) mass is 405 g/mol. The highest BCUT2D eigenvalue weighted by Gasteiger charge is 2.27. The lowest BCUT2D eigenvalue weighted by molar-refractivity contribution is 0.0658. The van der Waals surface area contributed by atoms with Gasteiger partial charge in [0.2, 0.25) is 6.79 Å². The second-order valence-corrected chi connectivity index (χ2v) is 7.75. The van der Waals surface area contributed by atoms with Crippen LogP contribution >= 0.6 is 0 Å². The van der Waals surface area contributed by atoms with Crippen LogP contribution in [0.15, 0.2) is 54.6 Å². The first-order valence-electron chi connectivity index (χ1n) is 10.3. The molecule has 0 saturated heterocycles. The highest BCUT2D eigenvalue weighted by molar-refractivity contribution is 5.92. The number of hydrogen-bond donors (Lipinski definition) is 0. The third-order valence-electron chi connectivity index (χ3n) is 5.64. The summed E-state index contributed by atoms with van der Waals surface area (Å²) in [4.78, 5) is 15.3. The third-order valence-corrected chi connectivity index (χ3v) is 5.64. The Bertz CT molecular complexity index is 1010. The number of carbonyl (C=O) groups is 1. The number of rotatable bonds is 7. The van der Waals surface area contributed by atoms with Gasteiger partial charge in [0.15, 0.2) is 17.2 Å². The summed E-state index contributed by atoms with van der Waals surface area (Å²) in [5.41, 5.74) is 3.62. The molecule has 0 spiro atoms. The Balaban J connectivity index is 1.59. The average Bonchev–Trinajstić information content (AvgIpc) is 3.37. The molecule has 1 aliphatic rings. The van der Waals surface area contributed by atoms with Crippen LogP contribution in [-0.2, 0) is 20.0 Å². The summed E-state index contributed by atoms with van der Waals surface area (Å²) in [7, 11) is 1.85. The Hall–Kier alpha value is -3.28. The van der Waals surface area contributed by atoms with Crippen LogP contribution in [0.25, 0.3) is 0 Å². The molecule has 0 bridgehead atoms. The number of aromatic nitrogens is 2. The minimum absolute atomic E-state index is 0.0261. The predicted molar refractivity (Wildman–Crippen MR) is 115 cm³/mol. The first-order chi connectivity index (χ1) is 14.5.